The van der Waals surface area contributed by atoms with Crippen LogP contribution in [0.25, 0.3) is 6.08 Å². The molecule has 4 heterocycles. The van der Waals surface area contributed by atoms with Crippen LogP contribution in [0.2, 0.25) is 0 Å². The van der Waals surface area contributed by atoms with Crippen LogP contribution in [0, 0.1) is 0 Å². The van der Waals surface area contributed by atoms with Gasteiger partial charge in [-0.15, -0.1) is 11.3 Å². The van der Waals surface area contributed by atoms with Gasteiger partial charge in [-0.25, -0.2) is 9.79 Å². The molecule has 1 fully saturated rings. The van der Waals surface area contributed by atoms with Gasteiger partial charge in [-0.1, -0.05) is 0 Å². The van der Waals surface area contributed by atoms with Crippen molar-refractivity contribution in [3.63, 3.8) is 0 Å². The lowest BCUT2D eigenvalue weighted by atomic mass is 10.2. The van der Waals surface area contributed by atoms with Gasteiger partial charge in [-0.3, -0.25) is 0 Å². The number of thiophene rings is 1. The Morgan fingerprint density at radius 1 is 1.07 bits per heavy atom. The molecule has 0 amide bonds. The number of aliphatic imine (C=N–C) groups is 1. The van der Waals surface area contributed by atoms with Crippen LogP contribution < -0.4 is 14.4 Å². The number of ether oxygens (including phenoxy) is 4. The fourth-order valence-corrected chi connectivity index (χ4v) is 4.07. The van der Waals surface area contributed by atoms with Crippen molar-refractivity contribution in [3.8, 4) is 11.5 Å². The van der Waals surface area contributed by atoms with Gasteiger partial charge in [0.1, 0.15) is 0 Å². The molecule has 3 aliphatic heterocycles. The number of benzene rings is 1. The second-order valence-corrected chi connectivity index (χ2v) is 7.27. The Morgan fingerprint density at radius 3 is 2.81 bits per heavy atom. The summed E-state index contributed by atoms with van der Waals surface area (Å²) < 4.78 is 21.4. The molecular formula is C19H16N2O5S. The van der Waals surface area contributed by atoms with E-state index in [1.54, 1.807) is 35.6 Å². The maximum Gasteiger partial charge on any atom is 0.363 e. The minimum Gasteiger partial charge on any atom is -0.454 e. The Balaban J connectivity index is 1.38. The van der Waals surface area contributed by atoms with Crippen LogP contribution in [0.1, 0.15) is 10.4 Å². The number of carbonyl (C=O) groups is 1. The lowest BCUT2D eigenvalue weighted by Crippen LogP contribution is -2.35. The molecule has 0 radical (unpaired) electrons. The van der Waals surface area contributed by atoms with Crippen LogP contribution in [-0.2, 0) is 14.3 Å². The summed E-state index contributed by atoms with van der Waals surface area (Å²) in [6, 6.07) is 9.39. The van der Waals surface area contributed by atoms with Gasteiger partial charge in [0, 0.05) is 23.5 Å². The highest BCUT2D eigenvalue weighted by Crippen LogP contribution is 2.34. The highest BCUT2D eigenvalue weighted by atomic mass is 32.1. The Hall–Kier alpha value is -2.84. The first-order valence-electron chi connectivity index (χ1n) is 8.61. The van der Waals surface area contributed by atoms with E-state index in [2.05, 4.69) is 16.0 Å². The van der Waals surface area contributed by atoms with Crippen LogP contribution in [0.5, 0.6) is 11.5 Å². The highest BCUT2D eigenvalue weighted by molar-refractivity contribution is 7.16. The second kappa shape index (κ2) is 6.71. The average Bonchev–Trinajstić information content (AvgIpc) is 3.43. The van der Waals surface area contributed by atoms with Crippen molar-refractivity contribution >= 4 is 34.3 Å². The van der Waals surface area contributed by atoms with E-state index >= 15 is 0 Å². The predicted molar refractivity (Wildman–Crippen MR) is 101 cm³/mol. The molecule has 5 rings (SSSR count). The molecule has 1 aromatic carbocycles. The number of fused-ring (bicyclic) bond motifs is 1. The largest absolute Gasteiger partial charge is 0.454 e. The number of morpholine rings is 1. The molecule has 3 aliphatic rings. The zero-order chi connectivity index (χ0) is 18.2. The van der Waals surface area contributed by atoms with Crippen LogP contribution >= 0.6 is 11.3 Å². The van der Waals surface area contributed by atoms with E-state index in [9.17, 15) is 4.79 Å². The van der Waals surface area contributed by atoms with Gasteiger partial charge < -0.3 is 23.8 Å². The van der Waals surface area contributed by atoms with E-state index in [4.69, 9.17) is 18.9 Å². The topological polar surface area (TPSA) is 69.6 Å². The maximum atomic E-state index is 12.2. The third kappa shape index (κ3) is 3.17. The Morgan fingerprint density at radius 2 is 1.93 bits per heavy atom. The molecule has 0 spiro atoms. The average molecular weight is 384 g/mol. The number of hydrogen-bond donors (Lipinski definition) is 0. The van der Waals surface area contributed by atoms with E-state index in [0.717, 1.165) is 36.2 Å². The van der Waals surface area contributed by atoms with Crippen molar-refractivity contribution in [1.29, 1.82) is 0 Å². The number of cyclic esters (lactones) is 1. The van der Waals surface area contributed by atoms with Crippen molar-refractivity contribution in [2.45, 2.75) is 0 Å². The molecule has 0 N–H and O–H groups in total. The summed E-state index contributed by atoms with van der Waals surface area (Å²) in [5.41, 5.74) is 0.967. The minimum atomic E-state index is -0.455. The van der Waals surface area contributed by atoms with Gasteiger partial charge in [-0.05, 0) is 36.4 Å². The quantitative estimate of drug-likeness (QED) is 0.599. The van der Waals surface area contributed by atoms with Gasteiger partial charge in [0.25, 0.3) is 0 Å². The minimum absolute atomic E-state index is 0.195. The molecule has 0 aliphatic carbocycles. The van der Waals surface area contributed by atoms with Crippen LogP contribution in [0.15, 0.2) is 41.0 Å². The van der Waals surface area contributed by atoms with E-state index in [0.29, 0.717) is 17.1 Å². The fourth-order valence-electron chi connectivity index (χ4n) is 3.07. The van der Waals surface area contributed by atoms with Gasteiger partial charge in [0.15, 0.2) is 17.2 Å². The van der Waals surface area contributed by atoms with Gasteiger partial charge in [0.05, 0.1) is 18.2 Å². The Bertz CT molecular complexity index is 959. The molecule has 8 heteroatoms. The molecule has 0 unspecified atom stereocenters. The van der Waals surface area contributed by atoms with Crippen molar-refractivity contribution in [3.05, 3.63) is 46.5 Å². The van der Waals surface area contributed by atoms with E-state index in [1.165, 1.54) is 0 Å². The molecule has 7 nitrogen and oxygen atoms in total. The number of carbonyl (C=O) groups excluding carboxylic acids is 1. The van der Waals surface area contributed by atoms with Crippen molar-refractivity contribution in [2.24, 2.45) is 4.99 Å². The normalized spacial score (nSPS) is 20.1. The first kappa shape index (κ1) is 16.3. The molecule has 1 aromatic heterocycles. The predicted octanol–water partition coefficient (Wildman–Crippen LogP) is 2.66. The third-order valence-electron chi connectivity index (χ3n) is 4.45. The summed E-state index contributed by atoms with van der Waals surface area (Å²) in [6.07, 6.45) is 1.76. The fraction of sp³-hybridized carbons (Fsp3) is 0.263. The van der Waals surface area contributed by atoms with Crippen molar-refractivity contribution in [1.82, 2.24) is 0 Å². The lowest BCUT2D eigenvalue weighted by molar-refractivity contribution is -0.129. The van der Waals surface area contributed by atoms with E-state index in [1.807, 2.05) is 6.07 Å². The van der Waals surface area contributed by atoms with Crippen LogP contribution in [0.3, 0.4) is 0 Å². The second-order valence-electron chi connectivity index (χ2n) is 6.18. The molecule has 0 bridgehead atoms. The number of hydrogen-bond acceptors (Lipinski definition) is 8. The van der Waals surface area contributed by atoms with Gasteiger partial charge in [0.2, 0.25) is 12.7 Å². The summed E-state index contributed by atoms with van der Waals surface area (Å²) in [7, 11) is 0. The van der Waals surface area contributed by atoms with Gasteiger partial charge >= 0.3 is 5.97 Å². The molecular weight excluding hydrogens is 368 g/mol. The first-order valence-corrected chi connectivity index (χ1v) is 9.43. The number of anilines is 1. The van der Waals surface area contributed by atoms with Crippen LogP contribution in [0.4, 0.5) is 5.00 Å². The summed E-state index contributed by atoms with van der Waals surface area (Å²) in [5, 5.41) is 1.16. The van der Waals surface area contributed by atoms with Crippen molar-refractivity contribution < 1.29 is 23.7 Å². The third-order valence-corrected chi connectivity index (χ3v) is 5.55. The molecule has 138 valence electrons. The SMILES string of the molecule is O=C1OC(c2ccc3c(c2)OCO3)=NC1=Cc1ccc(N2CCOCC2)s1. The zero-order valence-corrected chi connectivity index (χ0v) is 15.2. The smallest absolute Gasteiger partial charge is 0.363 e. The highest BCUT2D eigenvalue weighted by Gasteiger charge is 2.26. The summed E-state index contributed by atoms with van der Waals surface area (Å²) in [6.45, 7) is 3.43. The lowest BCUT2D eigenvalue weighted by Gasteiger charge is -2.27. The maximum absolute atomic E-state index is 12.2. The van der Waals surface area contributed by atoms with E-state index < -0.39 is 5.97 Å². The monoisotopic (exact) mass is 384 g/mol. The summed E-state index contributed by atoms with van der Waals surface area (Å²) in [4.78, 5) is 19.8. The van der Waals surface area contributed by atoms with Crippen molar-refractivity contribution in [2.75, 3.05) is 38.0 Å². The Labute approximate surface area is 159 Å². The van der Waals surface area contributed by atoms with Gasteiger partial charge in [-0.2, -0.15) is 0 Å². The number of nitrogens with zero attached hydrogens (tertiary/aromatic N) is 2. The molecule has 1 saturated heterocycles. The summed E-state index contributed by atoms with van der Waals surface area (Å²) >= 11 is 1.62. The molecule has 27 heavy (non-hydrogen) atoms. The Kier molecular flexibility index (Phi) is 4.06. The zero-order valence-electron chi connectivity index (χ0n) is 14.3. The first-order chi connectivity index (χ1) is 13.3. The van der Waals surface area contributed by atoms with E-state index in [-0.39, 0.29) is 18.4 Å². The standard InChI is InChI=1S/C19H16N2O5S/c22-19-14(10-13-2-4-17(27-13)21-5-7-23-8-6-21)20-18(26-19)12-1-3-15-16(9-12)25-11-24-15/h1-4,9-10H,5-8,11H2. The molecule has 0 atom stereocenters. The van der Waals surface area contributed by atoms with Crippen LogP contribution in [-0.4, -0.2) is 45.0 Å². The number of rotatable bonds is 3. The number of esters is 1. The molecule has 0 saturated carbocycles. The summed E-state index contributed by atoms with van der Waals surface area (Å²) in [5.74, 6) is 1.12. The molecule has 2 aromatic rings.